The van der Waals surface area contributed by atoms with Crippen LogP contribution >= 0.6 is 0 Å². The van der Waals surface area contributed by atoms with Crippen LogP contribution in [0.4, 0.5) is 0 Å². The van der Waals surface area contributed by atoms with Crippen molar-refractivity contribution in [3.63, 3.8) is 0 Å². The second kappa shape index (κ2) is 5.65. The molecule has 3 aromatic heterocycles. The van der Waals surface area contributed by atoms with Crippen molar-refractivity contribution >= 4 is 11.6 Å². The lowest BCUT2D eigenvalue weighted by Crippen LogP contribution is -2.30. The number of fused-ring (bicyclic) bond motifs is 1. The van der Waals surface area contributed by atoms with Gasteiger partial charge in [0.1, 0.15) is 17.4 Å². The number of aromatic nitrogens is 3. The Hall–Kier alpha value is -2.60. The Balaban J connectivity index is 1.77. The van der Waals surface area contributed by atoms with Crippen LogP contribution in [0.15, 0.2) is 42.7 Å². The number of hydrogen-bond acceptors (Lipinski definition) is 3. The summed E-state index contributed by atoms with van der Waals surface area (Å²) < 4.78 is 3.58. The molecule has 114 valence electrons. The van der Waals surface area contributed by atoms with Crippen LogP contribution in [0.5, 0.6) is 0 Å². The average Bonchev–Trinajstić information content (AvgIpc) is 3.06. The van der Waals surface area contributed by atoms with Crippen molar-refractivity contribution in [3.05, 3.63) is 59.8 Å². The third-order valence-electron chi connectivity index (χ3n) is 3.70. The van der Waals surface area contributed by atoms with Gasteiger partial charge >= 0.3 is 0 Å². The van der Waals surface area contributed by atoms with E-state index in [1.807, 2.05) is 48.1 Å². The molecule has 2 N–H and O–H groups in total. The van der Waals surface area contributed by atoms with Gasteiger partial charge in [-0.15, -0.1) is 0 Å². The summed E-state index contributed by atoms with van der Waals surface area (Å²) in [6.45, 7) is 1.95. The largest absolute Gasteiger partial charge is 0.385 e. The summed E-state index contributed by atoms with van der Waals surface area (Å²) in [7, 11) is 1.86. The molecule has 0 aliphatic rings. The summed E-state index contributed by atoms with van der Waals surface area (Å²) in [5.41, 5.74) is 2.65. The van der Waals surface area contributed by atoms with Gasteiger partial charge in [-0.05, 0) is 31.2 Å². The Kier molecular flexibility index (Phi) is 3.68. The smallest absolute Gasteiger partial charge is 0.270 e. The van der Waals surface area contributed by atoms with Crippen LogP contribution < -0.4 is 5.32 Å². The number of hydrogen-bond donors (Lipinski definition) is 2. The van der Waals surface area contributed by atoms with Crippen molar-refractivity contribution in [1.82, 2.24) is 19.3 Å². The third-order valence-corrected chi connectivity index (χ3v) is 3.70. The highest BCUT2D eigenvalue weighted by molar-refractivity contribution is 5.94. The highest BCUT2D eigenvalue weighted by atomic mass is 16.3. The first kappa shape index (κ1) is 14.3. The molecule has 6 heteroatoms. The standard InChI is InChI=1S/C16H18N4O2/c1-11-15(20-9-4-3-7-14(20)18-11)16(22)17-10-13(21)12-6-5-8-19(12)2/h3-9,13,21H,10H2,1-2H3,(H,17,22). The fraction of sp³-hybridized carbons (Fsp3) is 0.250. The van der Waals surface area contributed by atoms with Crippen molar-refractivity contribution in [2.24, 2.45) is 7.05 Å². The lowest BCUT2D eigenvalue weighted by molar-refractivity contribution is 0.0906. The lowest BCUT2D eigenvalue weighted by Gasteiger charge is -2.13. The molecule has 6 nitrogen and oxygen atoms in total. The van der Waals surface area contributed by atoms with Gasteiger partial charge in [0.25, 0.3) is 5.91 Å². The molecular weight excluding hydrogens is 280 g/mol. The SMILES string of the molecule is Cc1nc2ccccn2c1C(=O)NCC(O)c1cccn1C. The van der Waals surface area contributed by atoms with Crippen molar-refractivity contribution in [2.75, 3.05) is 6.54 Å². The molecule has 0 saturated carbocycles. The van der Waals surface area contributed by atoms with Crippen LogP contribution in [-0.2, 0) is 7.05 Å². The van der Waals surface area contributed by atoms with E-state index in [1.54, 1.807) is 17.5 Å². The highest BCUT2D eigenvalue weighted by Gasteiger charge is 2.18. The van der Waals surface area contributed by atoms with E-state index < -0.39 is 6.10 Å². The molecule has 0 saturated heterocycles. The zero-order valence-electron chi connectivity index (χ0n) is 12.5. The number of carbonyl (C=O) groups is 1. The molecule has 22 heavy (non-hydrogen) atoms. The zero-order chi connectivity index (χ0) is 15.7. The summed E-state index contributed by atoms with van der Waals surface area (Å²) in [6.07, 6.45) is 2.91. The first-order chi connectivity index (χ1) is 10.6. The summed E-state index contributed by atoms with van der Waals surface area (Å²) in [6, 6.07) is 9.26. The minimum atomic E-state index is -0.747. The minimum absolute atomic E-state index is 0.149. The molecule has 0 bridgehead atoms. The molecule has 0 aliphatic heterocycles. The van der Waals surface area contributed by atoms with Gasteiger partial charge in [-0.3, -0.25) is 9.20 Å². The summed E-state index contributed by atoms with van der Waals surface area (Å²) in [5, 5.41) is 12.9. The second-order valence-electron chi connectivity index (χ2n) is 5.24. The van der Waals surface area contributed by atoms with E-state index in [-0.39, 0.29) is 12.5 Å². The van der Waals surface area contributed by atoms with Crippen LogP contribution in [0.2, 0.25) is 0 Å². The van der Waals surface area contributed by atoms with Crippen molar-refractivity contribution in [3.8, 4) is 0 Å². The van der Waals surface area contributed by atoms with E-state index in [9.17, 15) is 9.90 Å². The zero-order valence-corrected chi connectivity index (χ0v) is 12.5. The minimum Gasteiger partial charge on any atom is -0.385 e. The summed E-state index contributed by atoms with van der Waals surface area (Å²) in [5.74, 6) is -0.246. The Bertz CT molecular complexity index is 819. The Morgan fingerprint density at radius 2 is 2.14 bits per heavy atom. The molecular formula is C16H18N4O2. The van der Waals surface area contributed by atoms with Gasteiger partial charge in [0.05, 0.1) is 5.69 Å². The van der Waals surface area contributed by atoms with Crippen LogP contribution in [0.25, 0.3) is 5.65 Å². The molecule has 1 unspecified atom stereocenters. The van der Waals surface area contributed by atoms with E-state index in [0.717, 1.165) is 11.3 Å². The molecule has 3 aromatic rings. The number of amides is 1. The number of pyridine rings is 1. The fourth-order valence-electron chi connectivity index (χ4n) is 2.59. The number of carbonyl (C=O) groups excluding carboxylic acids is 1. The lowest BCUT2D eigenvalue weighted by atomic mass is 10.2. The number of aliphatic hydroxyl groups excluding tert-OH is 1. The van der Waals surface area contributed by atoms with E-state index in [2.05, 4.69) is 10.3 Å². The molecule has 1 atom stereocenters. The van der Waals surface area contributed by atoms with Gasteiger partial charge in [0, 0.05) is 31.7 Å². The van der Waals surface area contributed by atoms with Crippen LogP contribution in [0.3, 0.4) is 0 Å². The topological polar surface area (TPSA) is 71.6 Å². The molecule has 3 rings (SSSR count). The summed E-state index contributed by atoms with van der Waals surface area (Å²) in [4.78, 5) is 16.8. The molecule has 1 amide bonds. The van der Waals surface area contributed by atoms with Gasteiger partial charge in [0.15, 0.2) is 0 Å². The maximum atomic E-state index is 12.4. The fourth-order valence-corrected chi connectivity index (χ4v) is 2.59. The van der Waals surface area contributed by atoms with Gasteiger partial charge < -0.3 is 15.0 Å². The Labute approximate surface area is 128 Å². The Morgan fingerprint density at radius 3 is 2.86 bits per heavy atom. The average molecular weight is 298 g/mol. The number of rotatable bonds is 4. The maximum Gasteiger partial charge on any atom is 0.270 e. The highest BCUT2D eigenvalue weighted by Crippen LogP contribution is 2.14. The second-order valence-corrected chi connectivity index (χ2v) is 5.24. The van der Waals surface area contributed by atoms with E-state index in [4.69, 9.17) is 0 Å². The number of nitrogens with one attached hydrogen (secondary N) is 1. The van der Waals surface area contributed by atoms with Gasteiger partial charge in [-0.25, -0.2) is 4.98 Å². The maximum absolute atomic E-state index is 12.4. The van der Waals surface area contributed by atoms with Crippen LogP contribution in [0, 0.1) is 6.92 Å². The van der Waals surface area contributed by atoms with Gasteiger partial charge in [0.2, 0.25) is 0 Å². The molecule has 0 aliphatic carbocycles. The number of nitrogens with zero attached hydrogens (tertiary/aromatic N) is 3. The number of aliphatic hydroxyl groups is 1. The molecule has 0 spiro atoms. The summed E-state index contributed by atoms with van der Waals surface area (Å²) >= 11 is 0. The van der Waals surface area contributed by atoms with E-state index in [0.29, 0.717) is 11.4 Å². The normalized spacial score (nSPS) is 12.5. The predicted octanol–water partition coefficient (Wildman–Crippen LogP) is 1.44. The quantitative estimate of drug-likeness (QED) is 0.765. The predicted molar refractivity (Wildman–Crippen MR) is 82.6 cm³/mol. The molecule has 0 fully saturated rings. The van der Waals surface area contributed by atoms with Crippen molar-refractivity contribution in [2.45, 2.75) is 13.0 Å². The number of imidazole rings is 1. The first-order valence-electron chi connectivity index (χ1n) is 7.09. The van der Waals surface area contributed by atoms with Crippen LogP contribution in [-0.4, -0.2) is 31.5 Å². The molecule has 0 radical (unpaired) electrons. The van der Waals surface area contributed by atoms with E-state index in [1.165, 1.54) is 0 Å². The van der Waals surface area contributed by atoms with Gasteiger partial charge in [-0.1, -0.05) is 6.07 Å². The van der Waals surface area contributed by atoms with Gasteiger partial charge in [-0.2, -0.15) is 0 Å². The molecule has 0 aromatic carbocycles. The van der Waals surface area contributed by atoms with Crippen molar-refractivity contribution in [1.29, 1.82) is 0 Å². The van der Waals surface area contributed by atoms with E-state index >= 15 is 0 Å². The Morgan fingerprint density at radius 1 is 1.32 bits per heavy atom. The third kappa shape index (κ3) is 2.48. The monoisotopic (exact) mass is 298 g/mol. The van der Waals surface area contributed by atoms with Crippen molar-refractivity contribution < 1.29 is 9.90 Å². The van der Waals surface area contributed by atoms with Crippen LogP contribution in [0.1, 0.15) is 28.0 Å². The number of aryl methyl sites for hydroxylation is 2. The molecule has 3 heterocycles. The first-order valence-corrected chi connectivity index (χ1v) is 7.09.